The van der Waals surface area contributed by atoms with E-state index in [1.54, 1.807) is 24.3 Å². The lowest BCUT2D eigenvalue weighted by atomic mass is 9.97. The number of sulfonamides is 1. The Hall–Kier alpha value is -2.64. The van der Waals surface area contributed by atoms with Crippen molar-refractivity contribution in [3.05, 3.63) is 65.4 Å². The number of H-pyrrole nitrogens is 1. The molecular formula is C24H28N2O4S. The first-order chi connectivity index (χ1) is 14.9. The summed E-state index contributed by atoms with van der Waals surface area (Å²) in [7, 11) is -3.77. The van der Waals surface area contributed by atoms with Gasteiger partial charge in [-0.2, -0.15) is 4.31 Å². The van der Waals surface area contributed by atoms with Crippen molar-refractivity contribution < 1.29 is 17.9 Å². The summed E-state index contributed by atoms with van der Waals surface area (Å²) in [6.07, 6.45) is 2.29. The number of nitrogens with one attached hydrogen (secondary N) is 1. The minimum Gasteiger partial charge on any atom is -0.466 e. The van der Waals surface area contributed by atoms with Crippen molar-refractivity contribution in [2.24, 2.45) is 0 Å². The summed E-state index contributed by atoms with van der Waals surface area (Å²) in [6.45, 7) is 4.62. The van der Waals surface area contributed by atoms with E-state index in [1.807, 2.05) is 38.1 Å². The van der Waals surface area contributed by atoms with Gasteiger partial charge in [0, 0.05) is 23.1 Å². The highest BCUT2D eigenvalue weighted by Crippen LogP contribution is 2.39. The molecule has 1 atom stereocenters. The van der Waals surface area contributed by atoms with Gasteiger partial charge in [0.1, 0.15) is 0 Å². The number of carbonyl (C=O) groups is 1. The molecule has 7 heteroatoms. The van der Waals surface area contributed by atoms with Crippen molar-refractivity contribution in [1.29, 1.82) is 0 Å². The molecule has 1 N–H and O–H groups in total. The molecule has 4 rings (SSSR count). The molecule has 0 radical (unpaired) electrons. The largest absolute Gasteiger partial charge is 0.466 e. The number of aromatic amines is 1. The number of hydrogen-bond acceptors (Lipinski definition) is 4. The van der Waals surface area contributed by atoms with E-state index in [0.29, 0.717) is 19.6 Å². The van der Waals surface area contributed by atoms with E-state index in [1.165, 1.54) is 4.31 Å². The second-order valence-electron chi connectivity index (χ2n) is 8.04. The van der Waals surface area contributed by atoms with Crippen LogP contribution in [-0.4, -0.2) is 36.8 Å². The summed E-state index contributed by atoms with van der Waals surface area (Å²) >= 11 is 0. The van der Waals surface area contributed by atoms with Crippen molar-refractivity contribution >= 4 is 26.9 Å². The summed E-state index contributed by atoms with van der Waals surface area (Å²) in [5.41, 5.74) is 3.81. The van der Waals surface area contributed by atoms with Crippen molar-refractivity contribution in [2.45, 2.75) is 50.5 Å². The second kappa shape index (κ2) is 8.85. The van der Waals surface area contributed by atoms with E-state index in [-0.39, 0.29) is 17.3 Å². The number of nitrogens with zero attached hydrogens (tertiary/aromatic N) is 1. The maximum atomic E-state index is 13.5. The molecule has 0 amide bonds. The van der Waals surface area contributed by atoms with Crippen molar-refractivity contribution in [2.75, 3.05) is 13.2 Å². The van der Waals surface area contributed by atoms with Crippen LogP contribution >= 0.6 is 0 Å². The molecule has 0 saturated heterocycles. The lowest BCUT2D eigenvalue weighted by molar-refractivity contribution is -0.144. The van der Waals surface area contributed by atoms with Crippen LogP contribution in [0.25, 0.3) is 10.9 Å². The minimum absolute atomic E-state index is 0.0192. The van der Waals surface area contributed by atoms with Crippen molar-refractivity contribution in [1.82, 2.24) is 9.29 Å². The Morgan fingerprint density at radius 1 is 1.16 bits per heavy atom. The highest BCUT2D eigenvalue weighted by molar-refractivity contribution is 7.89. The number of esters is 1. The number of unbranched alkanes of at least 4 members (excludes halogenated alkanes) is 1. The number of aromatic nitrogens is 1. The normalized spacial score (nSPS) is 16.9. The van der Waals surface area contributed by atoms with E-state index >= 15 is 0 Å². The zero-order chi connectivity index (χ0) is 22.0. The lowest BCUT2D eigenvalue weighted by Crippen LogP contribution is -2.41. The van der Waals surface area contributed by atoms with Gasteiger partial charge in [-0.1, -0.05) is 49.2 Å². The number of carbonyl (C=O) groups excluding carboxylic acids is 1. The molecular weight excluding hydrogens is 412 g/mol. The summed E-state index contributed by atoms with van der Waals surface area (Å²) in [5.74, 6) is -0.380. The number of aryl methyl sites for hydroxylation is 1. The van der Waals surface area contributed by atoms with Gasteiger partial charge in [0.2, 0.25) is 10.0 Å². The van der Waals surface area contributed by atoms with Gasteiger partial charge in [-0.25, -0.2) is 8.42 Å². The molecule has 0 aliphatic carbocycles. The predicted molar refractivity (Wildman–Crippen MR) is 120 cm³/mol. The predicted octanol–water partition coefficient (Wildman–Crippen LogP) is 4.50. The molecule has 2 heterocycles. The SMILES string of the molecule is CCCCOC(=O)CC1c2[nH]c3ccccc3c2CCN1S(=O)(=O)c1ccc(C)cc1. The Labute approximate surface area is 183 Å². The molecule has 1 aliphatic rings. The maximum Gasteiger partial charge on any atom is 0.307 e. The fourth-order valence-corrected chi connectivity index (χ4v) is 5.78. The monoisotopic (exact) mass is 440 g/mol. The molecule has 6 nitrogen and oxygen atoms in total. The summed E-state index contributed by atoms with van der Waals surface area (Å²) in [4.78, 5) is 16.2. The van der Waals surface area contributed by atoms with Gasteiger partial charge in [0.25, 0.3) is 0 Å². The molecule has 3 aromatic rings. The molecule has 1 aliphatic heterocycles. The van der Waals surface area contributed by atoms with Crippen LogP contribution in [0.5, 0.6) is 0 Å². The number of benzene rings is 2. The Balaban J connectivity index is 1.73. The number of ether oxygens (including phenoxy) is 1. The van der Waals surface area contributed by atoms with E-state index in [4.69, 9.17) is 4.74 Å². The standard InChI is InChI=1S/C24H28N2O4S/c1-3-4-15-30-23(27)16-22-24-20(19-7-5-6-8-21(19)25-24)13-14-26(22)31(28,29)18-11-9-17(2)10-12-18/h5-12,22,25H,3-4,13-16H2,1-2H3. The third kappa shape index (κ3) is 4.25. The average molecular weight is 441 g/mol. The third-order valence-electron chi connectivity index (χ3n) is 5.86. The van der Waals surface area contributed by atoms with Gasteiger partial charge in [0.05, 0.1) is 24.0 Å². The molecule has 0 bridgehead atoms. The molecule has 2 aromatic carbocycles. The third-order valence-corrected chi connectivity index (χ3v) is 7.78. The number of rotatable bonds is 7. The highest BCUT2D eigenvalue weighted by atomic mass is 32.2. The zero-order valence-electron chi connectivity index (χ0n) is 17.9. The van der Waals surface area contributed by atoms with E-state index in [0.717, 1.165) is 40.6 Å². The maximum absolute atomic E-state index is 13.5. The number of hydrogen-bond donors (Lipinski definition) is 1. The van der Waals surface area contributed by atoms with Crippen LogP contribution in [0.4, 0.5) is 0 Å². The lowest BCUT2D eigenvalue weighted by Gasteiger charge is -2.34. The van der Waals surface area contributed by atoms with Crippen LogP contribution in [0.2, 0.25) is 0 Å². The van der Waals surface area contributed by atoms with Crippen molar-refractivity contribution in [3.63, 3.8) is 0 Å². The van der Waals surface area contributed by atoms with Crippen LogP contribution < -0.4 is 0 Å². The van der Waals surface area contributed by atoms with Gasteiger partial charge in [-0.3, -0.25) is 4.79 Å². The second-order valence-corrected chi connectivity index (χ2v) is 9.93. The molecule has 31 heavy (non-hydrogen) atoms. The van der Waals surface area contributed by atoms with Crippen LogP contribution in [0.15, 0.2) is 53.4 Å². The first-order valence-electron chi connectivity index (χ1n) is 10.8. The van der Waals surface area contributed by atoms with Crippen LogP contribution in [-0.2, 0) is 26.0 Å². The summed E-state index contributed by atoms with van der Waals surface area (Å²) in [6, 6.07) is 14.1. The fourth-order valence-electron chi connectivity index (χ4n) is 4.18. The van der Waals surface area contributed by atoms with Gasteiger partial charge in [-0.15, -0.1) is 0 Å². The van der Waals surface area contributed by atoms with Crippen LogP contribution in [0, 0.1) is 6.92 Å². The smallest absolute Gasteiger partial charge is 0.307 e. The van der Waals surface area contributed by atoms with Gasteiger partial charge >= 0.3 is 5.97 Å². The number of para-hydroxylation sites is 1. The Bertz CT molecular complexity index is 1180. The first-order valence-corrected chi connectivity index (χ1v) is 12.2. The number of fused-ring (bicyclic) bond motifs is 3. The topological polar surface area (TPSA) is 79.5 Å². The Morgan fingerprint density at radius 2 is 1.90 bits per heavy atom. The average Bonchev–Trinajstić information content (AvgIpc) is 3.14. The van der Waals surface area contributed by atoms with Crippen molar-refractivity contribution in [3.8, 4) is 0 Å². The Morgan fingerprint density at radius 3 is 2.65 bits per heavy atom. The molecule has 0 saturated carbocycles. The highest BCUT2D eigenvalue weighted by Gasteiger charge is 2.39. The fraction of sp³-hybridized carbons (Fsp3) is 0.375. The van der Waals surface area contributed by atoms with Gasteiger partial charge in [0.15, 0.2) is 0 Å². The minimum atomic E-state index is -3.77. The Kier molecular flexibility index (Phi) is 6.16. The quantitative estimate of drug-likeness (QED) is 0.433. The molecule has 164 valence electrons. The molecule has 1 unspecified atom stereocenters. The van der Waals surface area contributed by atoms with E-state index < -0.39 is 16.1 Å². The molecule has 1 aromatic heterocycles. The van der Waals surface area contributed by atoms with E-state index in [9.17, 15) is 13.2 Å². The van der Waals surface area contributed by atoms with Crippen LogP contribution in [0.1, 0.15) is 49.0 Å². The first kappa shape index (κ1) is 21.6. The van der Waals surface area contributed by atoms with Gasteiger partial charge < -0.3 is 9.72 Å². The molecule has 0 spiro atoms. The summed E-state index contributed by atoms with van der Waals surface area (Å²) < 4.78 is 33.9. The summed E-state index contributed by atoms with van der Waals surface area (Å²) in [5, 5.41) is 1.08. The van der Waals surface area contributed by atoms with E-state index in [2.05, 4.69) is 4.98 Å². The zero-order valence-corrected chi connectivity index (χ0v) is 18.7. The molecule has 0 fully saturated rings. The van der Waals surface area contributed by atoms with Crippen LogP contribution in [0.3, 0.4) is 0 Å². The van der Waals surface area contributed by atoms with Gasteiger partial charge in [-0.05, 0) is 43.5 Å².